The van der Waals surface area contributed by atoms with Crippen LogP contribution in [0.25, 0.3) is 43.6 Å². The van der Waals surface area contributed by atoms with Gasteiger partial charge in [-0.2, -0.15) is 0 Å². The highest BCUT2D eigenvalue weighted by Crippen LogP contribution is 2.52. The summed E-state index contributed by atoms with van der Waals surface area (Å²) in [6.45, 7) is 11.4. The second-order valence-corrected chi connectivity index (χ2v) is 11.1. The number of hydrogen-bond acceptors (Lipinski definition) is 1. The Balaban J connectivity index is 1.79. The Kier molecular flexibility index (Phi) is 5.11. The summed E-state index contributed by atoms with van der Waals surface area (Å²) in [5, 5.41) is 7.81. The minimum absolute atomic E-state index is 0.537. The van der Waals surface area contributed by atoms with Gasteiger partial charge in [-0.1, -0.05) is 70.2 Å². The quantitative estimate of drug-likeness (QED) is 0.190. The number of ether oxygens (including phenoxy) is 1. The maximum Gasteiger partial charge on any atom is 0.228 e. The van der Waals surface area contributed by atoms with E-state index in [0.29, 0.717) is 11.8 Å². The topological polar surface area (TPSA) is 13.1 Å². The minimum Gasteiger partial charge on any atom is -0.455 e. The molecular weight excluding hydrogens is 426 g/mol. The molecule has 0 fully saturated rings. The minimum atomic E-state index is 0.537. The van der Waals surface area contributed by atoms with Crippen molar-refractivity contribution in [3.05, 3.63) is 77.5 Å². The molecule has 0 atom stereocenters. The smallest absolute Gasteiger partial charge is 0.228 e. The molecule has 0 saturated carbocycles. The third-order valence-corrected chi connectivity index (χ3v) is 7.53. The van der Waals surface area contributed by atoms with E-state index in [-0.39, 0.29) is 0 Å². The number of hydrogen-bond donors (Lipinski definition) is 0. The summed E-state index contributed by atoms with van der Waals surface area (Å²) in [4.78, 5) is 0. The van der Waals surface area contributed by atoms with Gasteiger partial charge in [0.25, 0.3) is 0 Å². The van der Waals surface area contributed by atoms with Gasteiger partial charge in [0, 0.05) is 17.0 Å². The molecule has 0 unspecified atom stereocenters. The molecular formula is C33H34NO+. The van der Waals surface area contributed by atoms with Gasteiger partial charge in [-0.3, -0.25) is 0 Å². The summed E-state index contributed by atoms with van der Waals surface area (Å²) < 4.78 is 9.24. The van der Waals surface area contributed by atoms with Gasteiger partial charge in [-0.05, 0) is 70.3 Å². The molecule has 0 saturated heterocycles. The lowest BCUT2D eigenvalue weighted by molar-refractivity contribution is -0.659. The van der Waals surface area contributed by atoms with Gasteiger partial charge in [0.15, 0.2) is 6.20 Å². The van der Waals surface area contributed by atoms with Crippen LogP contribution in [0.3, 0.4) is 0 Å². The van der Waals surface area contributed by atoms with E-state index >= 15 is 0 Å². The summed E-state index contributed by atoms with van der Waals surface area (Å²) in [5.74, 6) is 3.16. The average molecular weight is 461 g/mol. The van der Waals surface area contributed by atoms with Gasteiger partial charge in [0.1, 0.15) is 18.5 Å². The van der Waals surface area contributed by atoms with Crippen LogP contribution in [-0.2, 0) is 19.9 Å². The number of fused-ring (bicyclic) bond motifs is 5. The van der Waals surface area contributed by atoms with Crippen molar-refractivity contribution >= 4 is 32.3 Å². The van der Waals surface area contributed by atoms with E-state index in [9.17, 15) is 0 Å². The molecule has 0 amide bonds. The molecule has 0 radical (unpaired) electrons. The van der Waals surface area contributed by atoms with E-state index < -0.39 is 0 Å². The van der Waals surface area contributed by atoms with Crippen molar-refractivity contribution in [1.82, 2.24) is 0 Å². The van der Waals surface area contributed by atoms with E-state index in [0.717, 1.165) is 24.3 Å². The molecule has 2 heterocycles. The molecule has 0 bridgehead atoms. The normalized spacial score (nSPS) is 12.7. The lowest BCUT2D eigenvalue weighted by atomic mass is 9.85. The second kappa shape index (κ2) is 8.09. The third-order valence-electron chi connectivity index (χ3n) is 7.53. The Hall–Kier alpha value is -3.39. The first kappa shape index (κ1) is 22.1. The molecule has 1 aliphatic heterocycles. The van der Waals surface area contributed by atoms with E-state index in [4.69, 9.17) is 4.74 Å². The predicted octanol–water partition coefficient (Wildman–Crippen LogP) is 8.45. The van der Waals surface area contributed by atoms with Crippen LogP contribution in [0.15, 0.2) is 60.8 Å². The van der Waals surface area contributed by atoms with Gasteiger partial charge < -0.3 is 4.74 Å². The zero-order chi connectivity index (χ0) is 24.4. The third kappa shape index (κ3) is 3.34. The highest BCUT2D eigenvalue weighted by molar-refractivity contribution is 6.17. The van der Waals surface area contributed by atoms with E-state index in [2.05, 4.69) is 107 Å². The van der Waals surface area contributed by atoms with Crippen LogP contribution in [0.1, 0.15) is 44.4 Å². The van der Waals surface area contributed by atoms with Crippen molar-refractivity contribution in [3.63, 3.8) is 0 Å². The summed E-state index contributed by atoms with van der Waals surface area (Å²) in [6.07, 6.45) is 4.30. The molecule has 2 nitrogen and oxygen atoms in total. The van der Waals surface area contributed by atoms with Gasteiger partial charge in [0.05, 0.1) is 10.9 Å². The molecule has 4 aromatic carbocycles. The molecule has 35 heavy (non-hydrogen) atoms. The van der Waals surface area contributed by atoms with Crippen molar-refractivity contribution in [1.29, 1.82) is 0 Å². The van der Waals surface area contributed by atoms with E-state index in [1.165, 1.54) is 60.3 Å². The van der Waals surface area contributed by atoms with Crippen molar-refractivity contribution in [2.45, 2.75) is 47.5 Å². The summed E-state index contributed by atoms with van der Waals surface area (Å²) in [6, 6.07) is 20.1. The Morgan fingerprint density at radius 1 is 0.800 bits per heavy atom. The fourth-order valence-corrected chi connectivity index (χ4v) is 6.15. The van der Waals surface area contributed by atoms with Crippen molar-refractivity contribution in [2.75, 3.05) is 0 Å². The molecule has 6 rings (SSSR count). The zero-order valence-electron chi connectivity index (χ0n) is 21.7. The van der Waals surface area contributed by atoms with Crippen LogP contribution in [-0.4, -0.2) is 0 Å². The number of aromatic nitrogens is 1. The van der Waals surface area contributed by atoms with E-state index in [1.54, 1.807) is 0 Å². The van der Waals surface area contributed by atoms with Crippen LogP contribution in [0.4, 0.5) is 0 Å². The van der Waals surface area contributed by atoms with Crippen LogP contribution >= 0.6 is 0 Å². The van der Waals surface area contributed by atoms with Crippen LogP contribution in [0, 0.1) is 18.8 Å². The molecule has 0 aliphatic carbocycles. The summed E-state index contributed by atoms with van der Waals surface area (Å²) in [5.41, 5.74) is 6.57. The van der Waals surface area contributed by atoms with Crippen LogP contribution < -0.4 is 9.30 Å². The first-order valence-corrected chi connectivity index (χ1v) is 12.9. The SMILES string of the molecule is Cc1c2c(c(CC(C)C)c3ccccc13)Oc1cc3cccc(CC(C)C)c3c3cc[n+](C)c-2c13. The molecule has 1 aromatic heterocycles. The molecule has 1 aliphatic rings. The fourth-order valence-electron chi connectivity index (χ4n) is 6.15. The van der Waals surface area contributed by atoms with E-state index in [1.807, 2.05) is 0 Å². The highest BCUT2D eigenvalue weighted by atomic mass is 16.5. The second-order valence-electron chi connectivity index (χ2n) is 11.1. The van der Waals surface area contributed by atoms with Gasteiger partial charge in [-0.15, -0.1) is 0 Å². The first-order chi connectivity index (χ1) is 16.8. The van der Waals surface area contributed by atoms with Gasteiger partial charge in [0.2, 0.25) is 5.69 Å². The Bertz CT molecular complexity index is 1640. The predicted molar refractivity (Wildman–Crippen MR) is 147 cm³/mol. The maximum atomic E-state index is 6.94. The number of nitrogens with zero attached hydrogens (tertiary/aromatic N) is 1. The van der Waals surface area contributed by atoms with Crippen LogP contribution in [0.5, 0.6) is 11.5 Å². The van der Waals surface area contributed by atoms with Crippen LogP contribution in [0.2, 0.25) is 0 Å². The number of pyridine rings is 1. The maximum absolute atomic E-state index is 6.94. The number of rotatable bonds is 4. The lowest BCUT2D eigenvalue weighted by Crippen LogP contribution is -2.32. The monoisotopic (exact) mass is 460 g/mol. The Labute approximate surface area is 208 Å². The molecule has 5 aromatic rings. The van der Waals surface area contributed by atoms with Gasteiger partial charge >= 0.3 is 0 Å². The zero-order valence-corrected chi connectivity index (χ0v) is 21.7. The highest BCUT2D eigenvalue weighted by Gasteiger charge is 2.33. The number of aryl methyl sites for hydroxylation is 2. The molecule has 176 valence electrons. The van der Waals surface area contributed by atoms with Gasteiger partial charge in [-0.25, -0.2) is 4.57 Å². The standard InChI is InChI=1S/C33H34NO/c1-19(2)16-22-10-9-11-23-18-28-31-26(30(22)23)14-15-34(6)32(31)29-21(5)24-12-7-8-13-25(24)27(17-20(3)4)33(29)35-28/h7-15,18-20H,16-17H2,1-6H3/q+1. The molecule has 0 spiro atoms. The fraction of sp³-hybridized carbons (Fsp3) is 0.303. The summed E-state index contributed by atoms with van der Waals surface area (Å²) >= 11 is 0. The largest absolute Gasteiger partial charge is 0.455 e. The Morgan fingerprint density at radius 3 is 2.29 bits per heavy atom. The summed E-state index contributed by atoms with van der Waals surface area (Å²) in [7, 11) is 2.18. The van der Waals surface area contributed by atoms with Crippen molar-refractivity contribution in [2.24, 2.45) is 18.9 Å². The molecule has 2 heteroatoms. The lowest BCUT2D eigenvalue weighted by Gasteiger charge is -2.26. The molecule has 0 N–H and O–H groups in total. The van der Waals surface area contributed by atoms with Crippen molar-refractivity contribution < 1.29 is 9.30 Å². The first-order valence-electron chi connectivity index (χ1n) is 12.9. The van der Waals surface area contributed by atoms with Crippen molar-refractivity contribution in [3.8, 4) is 22.8 Å². The Morgan fingerprint density at radius 2 is 1.54 bits per heavy atom. The number of benzene rings is 4. The average Bonchev–Trinajstić information content (AvgIpc) is 2.82.